The second kappa shape index (κ2) is 8.30. The summed E-state index contributed by atoms with van der Waals surface area (Å²) >= 11 is 11.3. The minimum atomic E-state index is -0.519. The molecule has 1 aromatic heterocycles. The van der Waals surface area contributed by atoms with Crippen LogP contribution >= 0.6 is 38.9 Å². The summed E-state index contributed by atoms with van der Waals surface area (Å²) in [6.45, 7) is 1.85. The van der Waals surface area contributed by atoms with Gasteiger partial charge in [0.15, 0.2) is 0 Å². The largest absolute Gasteiger partial charge is 0.388 e. The van der Waals surface area contributed by atoms with Crippen molar-refractivity contribution in [1.82, 2.24) is 4.90 Å². The second-order valence-electron chi connectivity index (χ2n) is 5.10. The van der Waals surface area contributed by atoms with Crippen molar-refractivity contribution >= 4 is 38.9 Å². The summed E-state index contributed by atoms with van der Waals surface area (Å²) in [5.74, 6) is 0. The molecule has 0 saturated carbocycles. The Hall–Kier alpha value is -0.390. The number of aliphatic hydroxyl groups excluding tert-OH is 1. The Labute approximate surface area is 143 Å². The van der Waals surface area contributed by atoms with Crippen LogP contribution in [0.4, 0.5) is 0 Å². The van der Waals surface area contributed by atoms with E-state index in [9.17, 15) is 5.11 Å². The zero-order valence-corrected chi connectivity index (χ0v) is 15.1. The highest BCUT2D eigenvalue weighted by atomic mass is 79.9. The van der Waals surface area contributed by atoms with Crippen LogP contribution in [0, 0.1) is 0 Å². The maximum absolute atomic E-state index is 10.3. The molecule has 114 valence electrons. The van der Waals surface area contributed by atoms with Gasteiger partial charge < -0.3 is 10.0 Å². The lowest BCUT2D eigenvalue weighted by Gasteiger charge is -2.19. The molecule has 0 aliphatic carbocycles. The van der Waals surface area contributed by atoms with Crippen LogP contribution in [0.3, 0.4) is 0 Å². The Morgan fingerprint density at radius 3 is 2.81 bits per heavy atom. The number of likely N-dealkylation sites (N-methyl/N-ethyl adjacent to an activating group) is 1. The van der Waals surface area contributed by atoms with Gasteiger partial charge in [0, 0.05) is 27.5 Å². The molecule has 0 aliphatic rings. The first-order valence-electron chi connectivity index (χ1n) is 6.90. The van der Waals surface area contributed by atoms with Crippen LogP contribution in [0.25, 0.3) is 0 Å². The van der Waals surface area contributed by atoms with Gasteiger partial charge >= 0.3 is 0 Å². The molecule has 0 radical (unpaired) electrons. The summed E-state index contributed by atoms with van der Waals surface area (Å²) in [5, 5.41) is 13.0. The maximum Gasteiger partial charge on any atom is 0.0816 e. The molecular formula is C16H19BrClNOS. The van der Waals surface area contributed by atoms with E-state index in [4.69, 9.17) is 11.6 Å². The minimum Gasteiger partial charge on any atom is -0.388 e. The van der Waals surface area contributed by atoms with Crippen molar-refractivity contribution in [2.45, 2.75) is 18.9 Å². The van der Waals surface area contributed by atoms with Crippen molar-refractivity contribution in [3.05, 3.63) is 55.6 Å². The first kappa shape index (κ1) is 17.0. The average Bonchev–Trinajstić information content (AvgIpc) is 2.95. The third kappa shape index (κ3) is 5.38. The van der Waals surface area contributed by atoms with Crippen molar-refractivity contribution in [3.8, 4) is 0 Å². The molecule has 0 saturated heterocycles. The minimum absolute atomic E-state index is 0.519. The van der Waals surface area contributed by atoms with E-state index in [0.717, 1.165) is 29.5 Å². The molecule has 21 heavy (non-hydrogen) atoms. The van der Waals surface area contributed by atoms with E-state index in [1.54, 1.807) is 11.3 Å². The lowest BCUT2D eigenvalue weighted by atomic mass is 10.1. The number of halogens is 2. The van der Waals surface area contributed by atoms with Crippen LogP contribution in [-0.4, -0.2) is 30.1 Å². The Morgan fingerprint density at radius 1 is 1.33 bits per heavy atom. The van der Waals surface area contributed by atoms with Crippen molar-refractivity contribution in [1.29, 1.82) is 0 Å². The number of rotatable bonds is 7. The van der Waals surface area contributed by atoms with Gasteiger partial charge in [0.25, 0.3) is 0 Å². The van der Waals surface area contributed by atoms with E-state index in [1.807, 2.05) is 18.2 Å². The lowest BCUT2D eigenvalue weighted by molar-refractivity contribution is 0.149. The van der Waals surface area contributed by atoms with E-state index in [0.29, 0.717) is 11.4 Å². The molecule has 1 unspecified atom stereocenters. The fourth-order valence-electron chi connectivity index (χ4n) is 2.14. The fourth-order valence-corrected chi connectivity index (χ4v) is 3.64. The molecular weight excluding hydrogens is 370 g/mol. The van der Waals surface area contributed by atoms with Gasteiger partial charge in [0.05, 0.1) is 6.10 Å². The first-order chi connectivity index (χ1) is 10.1. The second-order valence-corrected chi connectivity index (χ2v) is 7.46. The highest BCUT2D eigenvalue weighted by Crippen LogP contribution is 2.28. The summed E-state index contributed by atoms with van der Waals surface area (Å²) in [7, 11) is 2.09. The number of aliphatic hydroxyl groups is 1. The third-order valence-corrected chi connectivity index (χ3v) is 5.18. The summed E-state index contributed by atoms with van der Waals surface area (Å²) < 4.78 is 0.927. The molecule has 0 bridgehead atoms. The molecule has 1 atom stereocenters. The molecule has 2 aromatic rings. The van der Waals surface area contributed by atoms with Gasteiger partial charge in [-0.15, -0.1) is 11.3 Å². The smallest absolute Gasteiger partial charge is 0.0816 e. The number of hydrogen-bond acceptors (Lipinski definition) is 3. The van der Waals surface area contributed by atoms with Crippen LogP contribution in [0.1, 0.15) is 23.0 Å². The van der Waals surface area contributed by atoms with Gasteiger partial charge in [-0.2, -0.15) is 0 Å². The van der Waals surface area contributed by atoms with E-state index < -0.39 is 6.10 Å². The van der Waals surface area contributed by atoms with Crippen LogP contribution in [-0.2, 0) is 6.42 Å². The van der Waals surface area contributed by atoms with Crippen LogP contribution in [0.5, 0.6) is 0 Å². The SMILES string of the molecule is CN(CCc1cccs1)CCC(O)c1ccc(Br)cc1Cl. The van der Waals surface area contributed by atoms with Crippen LogP contribution < -0.4 is 0 Å². The quantitative estimate of drug-likeness (QED) is 0.739. The Morgan fingerprint density at radius 2 is 2.14 bits per heavy atom. The third-order valence-electron chi connectivity index (χ3n) is 3.43. The summed E-state index contributed by atoms with van der Waals surface area (Å²) in [6, 6.07) is 9.85. The molecule has 1 aromatic carbocycles. The predicted octanol–water partition coefficient (Wildman–Crippen LogP) is 4.76. The Bertz CT molecular complexity index is 561. The summed E-state index contributed by atoms with van der Waals surface area (Å²) in [4.78, 5) is 3.65. The zero-order valence-electron chi connectivity index (χ0n) is 11.9. The predicted molar refractivity (Wildman–Crippen MR) is 94.2 cm³/mol. The van der Waals surface area contributed by atoms with Crippen molar-refractivity contribution in [3.63, 3.8) is 0 Å². The van der Waals surface area contributed by atoms with E-state index in [-0.39, 0.29) is 0 Å². The number of thiophene rings is 1. The summed E-state index contributed by atoms with van der Waals surface area (Å²) in [5.41, 5.74) is 0.798. The zero-order chi connectivity index (χ0) is 15.2. The van der Waals surface area contributed by atoms with Gasteiger partial charge in [-0.1, -0.05) is 39.7 Å². The highest BCUT2D eigenvalue weighted by molar-refractivity contribution is 9.10. The van der Waals surface area contributed by atoms with E-state index >= 15 is 0 Å². The fraction of sp³-hybridized carbons (Fsp3) is 0.375. The van der Waals surface area contributed by atoms with Gasteiger partial charge in [-0.05, 0) is 49.0 Å². The molecule has 0 fully saturated rings. The van der Waals surface area contributed by atoms with Gasteiger partial charge in [0.2, 0.25) is 0 Å². The molecule has 2 nitrogen and oxygen atoms in total. The molecule has 0 amide bonds. The Kier molecular flexibility index (Phi) is 6.71. The van der Waals surface area contributed by atoms with E-state index in [2.05, 4.69) is 45.4 Å². The summed E-state index contributed by atoms with van der Waals surface area (Å²) in [6.07, 6.45) is 1.22. The van der Waals surface area contributed by atoms with Crippen molar-refractivity contribution in [2.24, 2.45) is 0 Å². The average molecular weight is 389 g/mol. The van der Waals surface area contributed by atoms with Gasteiger partial charge in [-0.3, -0.25) is 0 Å². The van der Waals surface area contributed by atoms with E-state index in [1.165, 1.54) is 4.88 Å². The standard InChI is InChI=1S/C16H19BrClNOS/c1-19(8-6-13-3-2-10-21-13)9-7-16(20)14-5-4-12(17)11-15(14)18/h2-5,10-11,16,20H,6-9H2,1H3. The highest BCUT2D eigenvalue weighted by Gasteiger charge is 2.12. The molecule has 0 aliphatic heterocycles. The molecule has 1 N–H and O–H groups in total. The number of nitrogens with zero attached hydrogens (tertiary/aromatic N) is 1. The van der Waals surface area contributed by atoms with Crippen LogP contribution in [0.2, 0.25) is 5.02 Å². The molecule has 5 heteroatoms. The lowest BCUT2D eigenvalue weighted by Crippen LogP contribution is -2.23. The molecule has 2 rings (SSSR count). The maximum atomic E-state index is 10.3. The molecule has 1 heterocycles. The van der Waals surface area contributed by atoms with Crippen LogP contribution in [0.15, 0.2) is 40.2 Å². The molecule has 0 spiro atoms. The number of hydrogen-bond donors (Lipinski definition) is 1. The Balaban J connectivity index is 1.78. The normalized spacial score (nSPS) is 12.8. The van der Waals surface area contributed by atoms with Gasteiger partial charge in [0.1, 0.15) is 0 Å². The van der Waals surface area contributed by atoms with Crippen molar-refractivity contribution < 1.29 is 5.11 Å². The first-order valence-corrected chi connectivity index (χ1v) is 8.95. The monoisotopic (exact) mass is 387 g/mol. The topological polar surface area (TPSA) is 23.5 Å². The number of benzene rings is 1. The van der Waals surface area contributed by atoms with Gasteiger partial charge in [-0.25, -0.2) is 0 Å². The van der Waals surface area contributed by atoms with Crippen molar-refractivity contribution in [2.75, 3.05) is 20.1 Å².